The van der Waals surface area contributed by atoms with E-state index in [9.17, 15) is 4.79 Å². The van der Waals surface area contributed by atoms with Crippen LogP contribution in [0.5, 0.6) is 0 Å². The van der Waals surface area contributed by atoms with Crippen molar-refractivity contribution in [3.8, 4) is 0 Å². The molecule has 66 valence electrons. The Labute approximate surface area is 73.8 Å². The molecule has 5 N–H and O–H groups in total. The lowest BCUT2D eigenvalue weighted by Gasteiger charge is -2.04. The van der Waals surface area contributed by atoms with Gasteiger partial charge in [0.1, 0.15) is 0 Å². The zero-order valence-corrected chi connectivity index (χ0v) is 7.17. The minimum atomic E-state index is -0.894. The van der Waals surface area contributed by atoms with E-state index in [0.29, 0.717) is 5.69 Å². The molecule has 1 heterocycles. The number of carboxylic acids is 1. The van der Waals surface area contributed by atoms with E-state index in [1.165, 1.54) is 11.3 Å². The zero-order chi connectivity index (χ0) is 9.14. The molecule has 0 bridgehead atoms. The van der Waals surface area contributed by atoms with Crippen LogP contribution < -0.4 is 11.5 Å². The van der Waals surface area contributed by atoms with Crippen LogP contribution in [0.3, 0.4) is 0 Å². The first-order valence-electron chi connectivity index (χ1n) is 3.41. The molecule has 1 rings (SSSR count). The highest BCUT2D eigenvalue weighted by Gasteiger charge is 2.11. The fourth-order valence-electron chi connectivity index (χ4n) is 0.852. The highest BCUT2D eigenvalue weighted by atomic mass is 32.1. The van der Waals surface area contributed by atoms with Crippen molar-refractivity contribution in [1.82, 2.24) is 0 Å². The topological polar surface area (TPSA) is 89.3 Å². The summed E-state index contributed by atoms with van der Waals surface area (Å²) in [6.45, 7) is 0. The maximum Gasteiger partial charge on any atom is 0.305 e. The van der Waals surface area contributed by atoms with Crippen LogP contribution in [0.2, 0.25) is 0 Å². The quantitative estimate of drug-likeness (QED) is 0.651. The average Bonchev–Trinajstić information content (AvgIpc) is 2.34. The summed E-state index contributed by atoms with van der Waals surface area (Å²) in [6, 6.07) is 1.27. The van der Waals surface area contributed by atoms with Gasteiger partial charge in [-0.15, -0.1) is 11.3 Å². The largest absolute Gasteiger partial charge is 0.481 e. The number of anilines is 1. The molecule has 0 aliphatic rings. The number of thiophene rings is 1. The normalized spacial score (nSPS) is 12.8. The fraction of sp³-hybridized carbons (Fsp3) is 0.286. The van der Waals surface area contributed by atoms with Gasteiger partial charge in [0.2, 0.25) is 0 Å². The van der Waals surface area contributed by atoms with Crippen LogP contribution in [0.4, 0.5) is 5.69 Å². The van der Waals surface area contributed by atoms with Gasteiger partial charge in [0, 0.05) is 22.0 Å². The molecule has 0 spiro atoms. The predicted octanol–water partition coefficient (Wildman–Crippen LogP) is 0.805. The number of rotatable bonds is 3. The molecular formula is C7H10N2O2S. The number of carboxylic acid groups (broad SMARTS) is 1. The molecule has 1 atom stereocenters. The van der Waals surface area contributed by atoms with Crippen molar-refractivity contribution in [2.45, 2.75) is 12.5 Å². The molecule has 5 heteroatoms. The Morgan fingerprint density at radius 3 is 2.83 bits per heavy atom. The lowest BCUT2D eigenvalue weighted by molar-refractivity contribution is -0.137. The van der Waals surface area contributed by atoms with Gasteiger partial charge in [-0.3, -0.25) is 4.79 Å². The van der Waals surface area contributed by atoms with Crippen molar-refractivity contribution >= 4 is 23.0 Å². The van der Waals surface area contributed by atoms with Crippen molar-refractivity contribution in [3.05, 3.63) is 16.3 Å². The van der Waals surface area contributed by atoms with Crippen molar-refractivity contribution in [2.75, 3.05) is 5.73 Å². The first kappa shape index (κ1) is 9.02. The summed E-state index contributed by atoms with van der Waals surface area (Å²) < 4.78 is 0. The molecule has 0 saturated heterocycles. The molecule has 0 saturated carbocycles. The molecule has 0 aliphatic heterocycles. The lowest BCUT2D eigenvalue weighted by Crippen LogP contribution is -2.13. The smallest absolute Gasteiger partial charge is 0.305 e. The fourth-order valence-corrected chi connectivity index (χ4v) is 1.65. The van der Waals surface area contributed by atoms with Gasteiger partial charge in [0.05, 0.1) is 6.42 Å². The molecule has 1 unspecified atom stereocenters. The van der Waals surface area contributed by atoms with E-state index in [1.807, 2.05) is 0 Å². The van der Waals surface area contributed by atoms with E-state index in [4.69, 9.17) is 16.6 Å². The maximum absolute atomic E-state index is 10.3. The van der Waals surface area contributed by atoms with E-state index >= 15 is 0 Å². The molecule has 12 heavy (non-hydrogen) atoms. The molecule has 0 aliphatic carbocycles. The molecule has 0 radical (unpaired) electrons. The van der Waals surface area contributed by atoms with Gasteiger partial charge in [0.25, 0.3) is 0 Å². The zero-order valence-electron chi connectivity index (χ0n) is 6.36. The predicted molar refractivity (Wildman–Crippen MR) is 47.9 cm³/mol. The Bertz CT molecular complexity index is 285. The minimum absolute atomic E-state index is 0.0556. The van der Waals surface area contributed by atoms with Crippen molar-refractivity contribution < 1.29 is 9.90 Å². The van der Waals surface area contributed by atoms with Gasteiger partial charge >= 0.3 is 5.97 Å². The molecule has 0 amide bonds. The Balaban J connectivity index is 2.64. The Morgan fingerprint density at radius 2 is 2.42 bits per heavy atom. The second kappa shape index (κ2) is 3.55. The van der Waals surface area contributed by atoms with Crippen LogP contribution in [-0.4, -0.2) is 11.1 Å². The third-order valence-electron chi connectivity index (χ3n) is 1.40. The molecule has 0 fully saturated rings. The molecule has 1 aromatic rings. The number of hydrogen-bond donors (Lipinski definition) is 3. The van der Waals surface area contributed by atoms with Crippen molar-refractivity contribution in [3.63, 3.8) is 0 Å². The highest BCUT2D eigenvalue weighted by Crippen LogP contribution is 2.23. The first-order valence-corrected chi connectivity index (χ1v) is 4.29. The van der Waals surface area contributed by atoms with Crippen LogP contribution in [-0.2, 0) is 4.79 Å². The Morgan fingerprint density at radius 1 is 1.75 bits per heavy atom. The molecule has 4 nitrogen and oxygen atoms in total. The number of nitrogen functional groups attached to an aromatic ring is 1. The van der Waals surface area contributed by atoms with Gasteiger partial charge in [-0.1, -0.05) is 0 Å². The van der Waals surface area contributed by atoms with Gasteiger partial charge < -0.3 is 16.6 Å². The van der Waals surface area contributed by atoms with Gasteiger partial charge in [-0.25, -0.2) is 0 Å². The summed E-state index contributed by atoms with van der Waals surface area (Å²) in [7, 11) is 0. The second-order valence-corrected chi connectivity index (χ2v) is 3.43. The maximum atomic E-state index is 10.3. The van der Waals surface area contributed by atoms with Crippen LogP contribution in [0.25, 0.3) is 0 Å². The summed E-state index contributed by atoms with van der Waals surface area (Å²) in [6.07, 6.45) is -0.0556. The summed E-state index contributed by atoms with van der Waals surface area (Å²) in [4.78, 5) is 11.1. The summed E-state index contributed by atoms with van der Waals surface area (Å²) in [5, 5.41) is 10.2. The number of hydrogen-bond acceptors (Lipinski definition) is 4. The van der Waals surface area contributed by atoms with Gasteiger partial charge in [-0.05, 0) is 6.07 Å². The molecule has 1 aromatic heterocycles. The van der Waals surface area contributed by atoms with E-state index in [-0.39, 0.29) is 6.42 Å². The van der Waals surface area contributed by atoms with Crippen LogP contribution in [0, 0.1) is 0 Å². The van der Waals surface area contributed by atoms with E-state index in [0.717, 1.165) is 4.88 Å². The van der Waals surface area contributed by atoms with E-state index in [1.54, 1.807) is 11.4 Å². The van der Waals surface area contributed by atoms with Crippen LogP contribution >= 0.6 is 11.3 Å². The van der Waals surface area contributed by atoms with Crippen LogP contribution in [0.1, 0.15) is 17.3 Å². The minimum Gasteiger partial charge on any atom is -0.481 e. The number of carbonyl (C=O) groups is 1. The summed E-state index contributed by atoms with van der Waals surface area (Å²) >= 11 is 1.39. The summed E-state index contributed by atoms with van der Waals surface area (Å²) in [5.74, 6) is -0.894. The van der Waals surface area contributed by atoms with Gasteiger partial charge in [0.15, 0.2) is 0 Å². The molecular weight excluding hydrogens is 176 g/mol. The Kier molecular flexibility index (Phi) is 2.67. The van der Waals surface area contributed by atoms with E-state index in [2.05, 4.69) is 0 Å². The third-order valence-corrected chi connectivity index (χ3v) is 2.48. The van der Waals surface area contributed by atoms with Gasteiger partial charge in [-0.2, -0.15) is 0 Å². The number of nitrogens with two attached hydrogens (primary N) is 2. The summed E-state index contributed by atoms with van der Waals surface area (Å²) in [5.41, 5.74) is 11.7. The second-order valence-electron chi connectivity index (χ2n) is 2.49. The van der Waals surface area contributed by atoms with Crippen molar-refractivity contribution in [2.24, 2.45) is 5.73 Å². The number of aliphatic carboxylic acids is 1. The van der Waals surface area contributed by atoms with Crippen molar-refractivity contribution in [1.29, 1.82) is 0 Å². The molecule has 0 aromatic carbocycles. The standard InChI is InChI=1S/C7H10N2O2S/c8-4-1-6(12-3-4)5(9)2-7(10)11/h1,3,5H,2,8-9H2,(H,10,11). The highest BCUT2D eigenvalue weighted by molar-refractivity contribution is 7.10. The monoisotopic (exact) mass is 186 g/mol. The Hall–Kier alpha value is -1.07. The van der Waals surface area contributed by atoms with Crippen LogP contribution in [0.15, 0.2) is 11.4 Å². The van der Waals surface area contributed by atoms with E-state index < -0.39 is 12.0 Å². The SMILES string of the molecule is Nc1csc(C(N)CC(=O)O)c1. The third kappa shape index (κ3) is 2.21. The lowest BCUT2D eigenvalue weighted by atomic mass is 10.2. The first-order chi connectivity index (χ1) is 5.59. The average molecular weight is 186 g/mol.